The molecule has 2 amide bonds. The van der Waals surface area contributed by atoms with Crippen LogP contribution in [0.4, 0.5) is 0 Å². The van der Waals surface area contributed by atoms with E-state index >= 15 is 0 Å². The summed E-state index contributed by atoms with van der Waals surface area (Å²) < 4.78 is 24.5. The molecule has 9 fully saturated rings. The summed E-state index contributed by atoms with van der Waals surface area (Å²) in [5.41, 5.74) is 0.863. The largest absolute Gasteiger partial charge is 0.345 e. The lowest BCUT2D eigenvalue weighted by atomic mass is 10.1. The topological polar surface area (TPSA) is 178 Å². The first-order chi connectivity index (χ1) is 59.3. The summed E-state index contributed by atoms with van der Waals surface area (Å²) in [6.07, 6.45) is 19.2. The van der Waals surface area contributed by atoms with E-state index in [2.05, 4.69) is 254 Å². The van der Waals surface area contributed by atoms with E-state index in [1.54, 1.807) is 35.4 Å². The van der Waals surface area contributed by atoms with E-state index in [1.807, 2.05) is 30.3 Å². The second-order valence-corrected chi connectivity index (χ2v) is 128. The minimum absolute atomic E-state index is 0.0793. The Kier molecular flexibility index (Phi) is 46.1. The van der Waals surface area contributed by atoms with Crippen LogP contribution in [0.1, 0.15) is 118 Å². The van der Waals surface area contributed by atoms with Crippen LogP contribution in [0.3, 0.4) is 0 Å². The van der Waals surface area contributed by atoms with Gasteiger partial charge < -0.3 is 33.8 Å². The maximum absolute atomic E-state index is 12.4. The Morgan fingerprint density at radius 2 is 0.659 bits per heavy atom. The maximum atomic E-state index is 12.4. The number of nitrogens with zero attached hydrogens (tertiary/aromatic N) is 13. The minimum Gasteiger partial charge on any atom is -0.345 e. The highest BCUT2D eigenvalue weighted by molar-refractivity contribution is 7.00. The number of ketones is 2. The third-order valence-electron chi connectivity index (χ3n) is 32.0. The van der Waals surface area contributed by atoms with Crippen LogP contribution < -0.4 is 0 Å². The number of imidazole rings is 1. The van der Waals surface area contributed by atoms with E-state index in [1.165, 1.54) is 141 Å². The fourth-order valence-corrected chi connectivity index (χ4v) is 137. The average molecular weight is 2080 g/mol. The first kappa shape index (κ1) is 119. The van der Waals surface area contributed by atoms with E-state index in [9.17, 15) is 24.0 Å². The van der Waals surface area contributed by atoms with Crippen LogP contribution in [0, 0.1) is 11.3 Å². The lowest BCUT2D eigenvalue weighted by Gasteiger charge is -2.39. The lowest BCUT2D eigenvalue weighted by Crippen LogP contribution is -2.55. The Balaban J connectivity index is 0.000000269. The fraction of sp³-hybridized carbons (Fsp3) is 0.837. The Morgan fingerprint density at radius 3 is 0.922 bits per heavy atom. The number of Topliss-reactive ketones (excluding diaryl/α,β-unsaturated/α-hetero) is 2. The van der Waals surface area contributed by atoms with Crippen LogP contribution in [-0.2, 0) is 24.1 Å². The third kappa shape index (κ3) is 35.8. The monoisotopic (exact) mass is 2080 g/mol. The van der Waals surface area contributed by atoms with E-state index in [4.69, 9.17) is 26.5 Å². The summed E-state index contributed by atoms with van der Waals surface area (Å²) in [7, 11) is -15.0. The highest BCUT2D eigenvalue weighted by atomic mass is 35.5. The van der Waals surface area contributed by atoms with Gasteiger partial charge in [0.25, 0.3) is 0 Å². The summed E-state index contributed by atoms with van der Waals surface area (Å²) in [6, 6.07) is 35.3. The second kappa shape index (κ2) is 50.1. The van der Waals surface area contributed by atoms with Crippen LogP contribution in [0.25, 0.3) is 0 Å². The summed E-state index contributed by atoms with van der Waals surface area (Å²) in [5, 5.41) is 11.4. The molecule has 11 rings (SSSR count). The summed E-state index contributed by atoms with van der Waals surface area (Å²) in [5.74, 6) is 2.05. The number of aromatic nitrogens is 2. The van der Waals surface area contributed by atoms with Gasteiger partial charge in [-0.2, -0.15) is 5.26 Å². The lowest BCUT2D eigenvalue weighted by molar-refractivity contribution is -0.169. The minimum atomic E-state index is -1.18. The van der Waals surface area contributed by atoms with Crippen molar-refractivity contribution in [2.75, 3.05) is 85.5 Å². The number of unbranched alkanes of at least 4 members (excludes halogenated alkanes) is 1. The molecule has 0 unspecified atom stereocenters. The van der Waals surface area contributed by atoms with Crippen molar-refractivity contribution < 1.29 is 33.6 Å². The molecule has 0 saturated carbocycles. The van der Waals surface area contributed by atoms with Gasteiger partial charge in [-0.15, -0.1) is 11.6 Å². The van der Waals surface area contributed by atoms with Crippen molar-refractivity contribution >= 4 is 173 Å². The molecular weight excluding hydrogens is 1880 g/mol. The zero-order chi connectivity index (χ0) is 97.7. The first-order valence-electron chi connectivity index (χ1n) is 50.8. The summed E-state index contributed by atoms with van der Waals surface area (Å²) in [6.45, 7) is 90.8. The molecule has 10 heterocycles. The first-order valence-corrected chi connectivity index (χ1v) is 102. The number of alkyl halides is 1. The quantitative estimate of drug-likeness (QED) is 0.0222. The highest BCUT2D eigenvalue weighted by Gasteiger charge is 2.54. The number of carbonyl (C=O) groups is 5. The van der Waals surface area contributed by atoms with Gasteiger partial charge in [-0.25, -0.2) is 15.1 Å². The standard InChI is InChI=1S/C19H44N2OSi4.C16H27NOSi2.C13H25N3OSi2.C13H28N2O2Si2.C12H28N2O2Si2.C10H22N2Si2.C9H22ClNSi2/c1-23(2)15-16-24(3,4)20(23)13-9-11-19(22)12-10-14-21-25(5,6)17-18-26(21,7)8;1-19(2)13-14-20(3,4)17(19)12-8-11-16(18)15-9-6-5-7-10-15;1-18(2)10-11-19(3,4)16(18)8-5-6-13(17)15-9-7-14-12-15;1-18(2)11-12-19(3,4)15(18)9-5-7-13(16)14-8-6-10-17-14;1-13(16-2)12(15)8-7-9-14-17(3,4)10-11-18(14,5)6;1-13(2)9-10-14(3,4)12(13)8-6-5-7-11;1-12(2)8-9-13(3,4)11(12)7-5-6-10/h9-18H2,1-8H3;5-7,9-10H,8,11-14H2,1-4H3;7,9,12H,5-6,8,10-11H2,1-4H3;5-12H2,1-4H3;7-11H2,1-6H3;5-6,8-10H2,1-4H3;5-9H2,1-4H3. The number of hydrogen-bond acceptors (Lipinski definition) is 17. The third-order valence-corrected chi connectivity index (χ3v) is 116. The molecule has 20 nitrogen and oxygen atoms in total. The molecule has 9 aliphatic rings. The molecule has 37 heteroatoms. The van der Waals surface area contributed by atoms with Crippen LogP contribution in [0.5, 0.6) is 0 Å². The summed E-state index contributed by atoms with van der Waals surface area (Å²) in [4.78, 5) is 74.3. The van der Waals surface area contributed by atoms with E-state index in [-0.39, 0.29) is 17.7 Å². The van der Waals surface area contributed by atoms with Crippen LogP contribution in [0.2, 0.25) is 306 Å². The molecule has 0 bridgehead atoms. The van der Waals surface area contributed by atoms with Crippen molar-refractivity contribution in [3.8, 4) is 6.07 Å². The van der Waals surface area contributed by atoms with Gasteiger partial charge in [0.15, 0.2) is 5.78 Å². The zero-order valence-electron chi connectivity index (χ0n) is 89.6. The predicted octanol–water partition coefficient (Wildman–Crippen LogP) is 24.5. The maximum Gasteiger partial charge on any atom is 0.246 e. The molecule has 0 spiro atoms. The number of amides is 2. The van der Waals surface area contributed by atoms with Gasteiger partial charge in [0.05, 0.1) is 26.3 Å². The van der Waals surface area contributed by atoms with Gasteiger partial charge in [0.1, 0.15) is 144 Å². The van der Waals surface area contributed by atoms with Crippen molar-refractivity contribution in [3.05, 3.63) is 54.6 Å². The Bertz CT molecular complexity index is 3680. The SMILES string of the molecule is CON(C)C(=O)CCCN1[Si](C)(C)CC[Si]1(C)C.C[Si]1(C)CC[Si](C)(C)N1CCCC#N.C[Si]1(C)CC[Si](C)(C)N1CCCC(=O)CCCN1[Si](C)(C)CC[Si]1(C)C.C[Si]1(C)CC[Si](C)(C)N1CCCC(=O)N1CCCO1.C[Si]1(C)CC[Si](C)(C)N1CCCC(=O)c1ccccc1.C[Si]1(C)CC[Si](C)(C)N1CCCC(=O)n1ccnc1.C[Si]1(C)CC[Si](C)(C)N1CCCCl. The van der Waals surface area contributed by atoms with Gasteiger partial charge in [-0.3, -0.25) is 38.2 Å². The summed E-state index contributed by atoms with van der Waals surface area (Å²) >= 11 is 5.77. The molecule has 2 aromatic rings. The smallest absolute Gasteiger partial charge is 0.246 e. The number of hydroxylamine groups is 4. The average Bonchev–Trinajstić information content (AvgIpc) is 1.69. The van der Waals surface area contributed by atoms with Crippen LogP contribution in [0.15, 0.2) is 49.1 Å². The number of halogens is 1. The number of rotatable bonds is 32. The van der Waals surface area contributed by atoms with Gasteiger partial charge in [0.2, 0.25) is 17.7 Å². The Morgan fingerprint density at radius 1 is 0.388 bits per heavy atom. The predicted molar refractivity (Wildman–Crippen MR) is 597 cm³/mol. The highest BCUT2D eigenvalue weighted by Crippen LogP contribution is 2.44. The number of nitriles is 1. The van der Waals surface area contributed by atoms with Crippen molar-refractivity contribution in [1.82, 2.24) is 53.5 Å². The van der Waals surface area contributed by atoms with Gasteiger partial charge in [0, 0.05) is 75.8 Å². The van der Waals surface area contributed by atoms with Crippen molar-refractivity contribution in [3.63, 3.8) is 0 Å². The second-order valence-electron chi connectivity index (χ2n) is 49.6. The number of hydrogen-bond donors (Lipinski definition) is 0. The van der Waals surface area contributed by atoms with E-state index in [0.717, 1.165) is 115 Å². The van der Waals surface area contributed by atoms with Gasteiger partial charge in [-0.1, -0.05) is 240 Å². The zero-order valence-corrected chi connectivity index (χ0v) is 106. The molecule has 0 atom stereocenters. The molecule has 1 aromatic heterocycles. The van der Waals surface area contributed by atoms with Crippen LogP contribution >= 0.6 is 11.6 Å². The molecule has 9 saturated heterocycles. The molecule has 9 aliphatic heterocycles. The van der Waals surface area contributed by atoms with Gasteiger partial charge in [-0.05, 0) is 207 Å². The van der Waals surface area contributed by atoms with Crippen molar-refractivity contribution in [2.24, 2.45) is 0 Å². The number of carbonyl (C=O) groups excluding carboxylic acids is 5. The Hall–Kier alpha value is -0.770. The van der Waals surface area contributed by atoms with E-state index < -0.39 is 132 Å². The Labute approximate surface area is 813 Å². The molecule has 129 heavy (non-hydrogen) atoms. The van der Waals surface area contributed by atoms with Crippen LogP contribution in [-0.4, -0.2) is 300 Å². The van der Waals surface area contributed by atoms with E-state index in [0.29, 0.717) is 43.9 Å². The normalized spacial score (nSPS) is 24.2. The molecular formula is C92H196ClN13O7Si16. The molecule has 1 aromatic carbocycles. The van der Waals surface area contributed by atoms with Gasteiger partial charge >= 0.3 is 0 Å². The fourth-order valence-electron chi connectivity index (χ4n) is 23.9. The van der Waals surface area contributed by atoms with Crippen molar-refractivity contribution in [1.29, 1.82) is 5.26 Å². The van der Waals surface area contributed by atoms with Crippen molar-refractivity contribution in [2.45, 2.75) is 409 Å². The molecule has 0 aliphatic carbocycles. The molecule has 742 valence electrons. The number of benzene rings is 1. The molecule has 0 radical (unpaired) electrons. The molecule has 0 N–H and O–H groups in total.